The summed E-state index contributed by atoms with van der Waals surface area (Å²) in [5, 5.41) is 9.69. The van der Waals surface area contributed by atoms with Crippen LogP contribution in [0.1, 0.15) is 19.4 Å². The molecule has 1 aromatic heterocycles. The van der Waals surface area contributed by atoms with Crippen LogP contribution in [-0.4, -0.2) is 28.6 Å². The number of hydrogen-bond donors (Lipinski definition) is 0. The number of hydrogen-bond acceptors (Lipinski definition) is 4. The van der Waals surface area contributed by atoms with E-state index in [0.717, 1.165) is 23.5 Å². The highest BCUT2D eigenvalue weighted by Crippen LogP contribution is 2.30. The largest absolute Gasteiger partial charge is 0.365 e. The van der Waals surface area contributed by atoms with Crippen molar-refractivity contribution in [2.45, 2.75) is 25.1 Å². The van der Waals surface area contributed by atoms with Crippen molar-refractivity contribution in [3.05, 3.63) is 24.0 Å². The number of rotatable bonds is 1. The van der Waals surface area contributed by atoms with Gasteiger partial charge < -0.3 is 4.90 Å². The second kappa shape index (κ2) is 4.75. The summed E-state index contributed by atoms with van der Waals surface area (Å²) in [5.74, 6) is 1.12. The van der Waals surface area contributed by atoms with Crippen LogP contribution in [0.4, 0.5) is 5.69 Å². The standard InChI is InChI=1S/C12H15N3S/c1-9-10(2)16-6-5-15(9)12-8-14-4-3-11(12)7-13/h3-4,8-10H,5-6H2,1-2H3. The van der Waals surface area contributed by atoms with E-state index in [2.05, 4.69) is 29.8 Å². The smallest absolute Gasteiger partial charge is 0.101 e. The molecule has 2 rings (SSSR count). The first-order valence-electron chi connectivity index (χ1n) is 5.46. The van der Waals surface area contributed by atoms with Crippen LogP contribution in [0.25, 0.3) is 0 Å². The summed E-state index contributed by atoms with van der Waals surface area (Å²) in [5.41, 5.74) is 1.70. The highest BCUT2D eigenvalue weighted by atomic mass is 32.2. The maximum absolute atomic E-state index is 9.09. The van der Waals surface area contributed by atoms with Crippen LogP contribution in [0.3, 0.4) is 0 Å². The Kier molecular flexibility index (Phi) is 3.35. The average molecular weight is 233 g/mol. The van der Waals surface area contributed by atoms with E-state index in [0.29, 0.717) is 11.3 Å². The van der Waals surface area contributed by atoms with Gasteiger partial charge in [-0.25, -0.2) is 0 Å². The maximum atomic E-state index is 9.09. The van der Waals surface area contributed by atoms with E-state index >= 15 is 0 Å². The van der Waals surface area contributed by atoms with Crippen LogP contribution >= 0.6 is 11.8 Å². The van der Waals surface area contributed by atoms with Crippen LogP contribution in [0.15, 0.2) is 18.5 Å². The van der Waals surface area contributed by atoms with Gasteiger partial charge in [-0.1, -0.05) is 6.92 Å². The number of nitrogens with zero attached hydrogens (tertiary/aromatic N) is 3. The molecule has 1 fully saturated rings. The van der Waals surface area contributed by atoms with Crippen molar-refractivity contribution in [1.29, 1.82) is 5.26 Å². The Hall–Kier alpha value is -1.21. The van der Waals surface area contributed by atoms with Crippen molar-refractivity contribution < 1.29 is 0 Å². The van der Waals surface area contributed by atoms with Gasteiger partial charge in [0.2, 0.25) is 0 Å². The summed E-state index contributed by atoms with van der Waals surface area (Å²) in [4.78, 5) is 6.43. The van der Waals surface area contributed by atoms with Crippen LogP contribution in [0, 0.1) is 11.3 Å². The Morgan fingerprint density at radius 1 is 1.56 bits per heavy atom. The predicted molar refractivity (Wildman–Crippen MR) is 67.7 cm³/mol. The third kappa shape index (κ3) is 2.00. The van der Waals surface area contributed by atoms with Gasteiger partial charge in [-0.05, 0) is 13.0 Å². The molecule has 1 aromatic rings. The number of anilines is 1. The number of pyridine rings is 1. The SMILES string of the molecule is CC1SCCN(c2cnccc2C#N)C1C. The van der Waals surface area contributed by atoms with Crippen LogP contribution in [-0.2, 0) is 0 Å². The molecule has 0 bridgehead atoms. The summed E-state index contributed by atoms with van der Waals surface area (Å²) in [7, 11) is 0. The molecule has 16 heavy (non-hydrogen) atoms. The molecule has 0 radical (unpaired) electrons. The van der Waals surface area contributed by atoms with Gasteiger partial charge in [-0.2, -0.15) is 17.0 Å². The second-order valence-corrected chi connectivity index (χ2v) is 5.50. The summed E-state index contributed by atoms with van der Waals surface area (Å²) in [6.07, 6.45) is 3.48. The van der Waals surface area contributed by atoms with Gasteiger partial charge >= 0.3 is 0 Å². The molecule has 0 spiro atoms. The summed E-state index contributed by atoms with van der Waals surface area (Å²) < 4.78 is 0. The maximum Gasteiger partial charge on any atom is 0.101 e. The molecule has 4 heteroatoms. The van der Waals surface area contributed by atoms with Gasteiger partial charge in [0, 0.05) is 29.8 Å². The van der Waals surface area contributed by atoms with Gasteiger partial charge in [0.05, 0.1) is 17.4 Å². The molecule has 0 aromatic carbocycles. The third-order valence-electron chi connectivity index (χ3n) is 3.11. The Morgan fingerprint density at radius 3 is 3.12 bits per heavy atom. The first kappa shape index (κ1) is 11.3. The van der Waals surface area contributed by atoms with Crippen molar-refractivity contribution in [2.75, 3.05) is 17.2 Å². The first-order chi connectivity index (χ1) is 7.74. The normalized spacial score (nSPS) is 25.2. The predicted octanol–water partition coefficient (Wildman–Crippen LogP) is 2.28. The molecule has 2 heterocycles. The monoisotopic (exact) mass is 233 g/mol. The minimum Gasteiger partial charge on any atom is -0.365 e. The van der Waals surface area contributed by atoms with Crippen molar-refractivity contribution in [1.82, 2.24) is 4.98 Å². The van der Waals surface area contributed by atoms with E-state index in [-0.39, 0.29) is 0 Å². The van der Waals surface area contributed by atoms with Crippen molar-refractivity contribution in [3.63, 3.8) is 0 Å². The molecule has 2 unspecified atom stereocenters. The molecule has 1 saturated heterocycles. The van der Waals surface area contributed by atoms with E-state index in [9.17, 15) is 0 Å². The van der Waals surface area contributed by atoms with Gasteiger partial charge in [0.15, 0.2) is 0 Å². The lowest BCUT2D eigenvalue weighted by Crippen LogP contribution is -2.45. The Morgan fingerprint density at radius 2 is 2.38 bits per heavy atom. The molecule has 2 atom stereocenters. The zero-order chi connectivity index (χ0) is 11.5. The second-order valence-electron chi connectivity index (χ2n) is 4.01. The molecular formula is C12H15N3S. The number of thioether (sulfide) groups is 1. The van der Waals surface area contributed by atoms with E-state index in [4.69, 9.17) is 5.26 Å². The summed E-state index contributed by atoms with van der Waals surface area (Å²) >= 11 is 1.99. The minimum atomic E-state index is 0.454. The number of nitriles is 1. The third-order valence-corrected chi connectivity index (χ3v) is 4.45. The summed E-state index contributed by atoms with van der Waals surface area (Å²) in [6, 6.07) is 4.48. The Labute approximate surface area is 100 Å². The minimum absolute atomic E-state index is 0.454. The van der Waals surface area contributed by atoms with E-state index in [1.807, 2.05) is 11.8 Å². The molecule has 1 aliphatic heterocycles. The molecular weight excluding hydrogens is 218 g/mol. The van der Waals surface area contributed by atoms with Crippen molar-refractivity contribution in [3.8, 4) is 6.07 Å². The molecule has 0 aliphatic carbocycles. The fraction of sp³-hybridized carbons (Fsp3) is 0.500. The lowest BCUT2D eigenvalue weighted by atomic mass is 10.1. The van der Waals surface area contributed by atoms with Gasteiger partial charge in [0.1, 0.15) is 6.07 Å². The topological polar surface area (TPSA) is 39.9 Å². The molecule has 0 amide bonds. The van der Waals surface area contributed by atoms with Crippen LogP contribution in [0.2, 0.25) is 0 Å². The van der Waals surface area contributed by atoms with Crippen LogP contribution in [0.5, 0.6) is 0 Å². The van der Waals surface area contributed by atoms with E-state index < -0.39 is 0 Å². The average Bonchev–Trinajstić information content (AvgIpc) is 2.33. The zero-order valence-electron chi connectivity index (χ0n) is 9.55. The fourth-order valence-electron chi connectivity index (χ4n) is 1.98. The fourth-order valence-corrected chi connectivity index (χ4v) is 3.08. The zero-order valence-corrected chi connectivity index (χ0v) is 10.4. The highest BCUT2D eigenvalue weighted by Gasteiger charge is 2.26. The van der Waals surface area contributed by atoms with Crippen molar-refractivity contribution >= 4 is 17.4 Å². The van der Waals surface area contributed by atoms with Gasteiger partial charge in [0.25, 0.3) is 0 Å². The molecule has 0 N–H and O–H groups in total. The van der Waals surface area contributed by atoms with Crippen molar-refractivity contribution in [2.24, 2.45) is 0 Å². The number of aromatic nitrogens is 1. The van der Waals surface area contributed by atoms with E-state index in [1.165, 1.54) is 0 Å². The van der Waals surface area contributed by atoms with Gasteiger partial charge in [-0.3, -0.25) is 4.98 Å². The quantitative estimate of drug-likeness (QED) is 0.746. The lowest BCUT2D eigenvalue weighted by Gasteiger charge is -2.39. The Balaban J connectivity index is 2.33. The van der Waals surface area contributed by atoms with Gasteiger partial charge in [-0.15, -0.1) is 0 Å². The molecule has 0 saturated carbocycles. The highest BCUT2D eigenvalue weighted by molar-refractivity contribution is 8.00. The lowest BCUT2D eigenvalue weighted by molar-refractivity contribution is 0.626. The molecule has 1 aliphatic rings. The molecule has 84 valence electrons. The van der Waals surface area contributed by atoms with Crippen LogP contribution < -0.4 is 4.90 Å². The Bertz CT molecular complexity index is 413. The summed E-state index contributed by atoms with van der Waals surface area (Å²) in [6.45, 7) is 5.45. The molecule has 3 nitrogen and oxygen atoms in total. The van der Waals surface area contributed by atoms with E-state index in [1.54, 1.807) is 18.5 Å². The first-order valence-corrected chi connectivity index (χ1v) is 6.51.